The molecule has 1 aliphatic rings. The van der Waals surface area contributed by atoms with E-state index in [0.29, 0.717) is 11.1 Å². The number of hydrogen-bond donors (Lipinski definition) is 1. The Bertz CT molecular complexity index is 406. The van der Waals surface area contributed by atoms with Crippen LogP contribution in [0.5, 0.6) is 0 Å². The zero-order valence-corrected chi connectivity index (χ0v) is 8.45. The van der Waals surface area contributed by atoms with E-state index in [9.17, 15) is 18.3 Å². The first-order valence-electron chi connectivity index (χ1n) is 4.76. The molecule has 0 saturated heterocycles. The fraction of sp³-hybridized carbons (Fsp3) is 0.500. The number of ether oxygens (including phenoxy) is 1. The highest BCUT2D eigenvalue weighted by Gasteiger charge is 2.35. The minimum Gasteiger partial charge on any atom is -0.386 e. The predicted molar refractivity (Wildman–Crippen MR) is 48.6 cm³/mol. The molecule has 3 nitrogen and oxygen atoms in total. The number of fused-ring (bicyclic) bond motifs is 1. The third kappa shape index (κ3) is 1.90. The lowest BCUT2D eigenvalue weighted by molar-refractivity contribution is -0.141. The summed E-state index contributed by atoms with van der Waals surface area (Å²) in [5, 5.41) is 9.53. The van der Waals surface area contributed by atoms with Gasteiger partial charge >= 0.3 is 6.18 Å². The Morgan fingerprint density at radius 1 is 1.44 bits per heavy atom. The Kier molecular flexibility index (Phi) is 2.63. The van der Waals surface area contributed by atoms with Crippen LogP contribution in [0.15, 0.2) is 12.3 Å². The third-order valence-corrected chi connectivity index (χ3v) is 2.56. The fourth-order valence-electron chi connectivity index (χ4n) is 1.68. The van der Waals surface area contributed by atoms with E-state index in [1.807, 2.05) is 0 Å². The van der Waals surface area contributed by atoms with Crippen molar-refractivity contribution in [2.75, 3.05) is 6.61 Å². The Morgan fingerprint density at radius 3 is 2.75 bits per heavy atom. The SMILES string of the molecule is C[C@H]1OC[C@H](O)c2cnc(C(F)(F)F)cc21. The van der Waals surface area contributed by atoms with Gasteiger partial charge in [0.05, 0.1) is 12.7 Å². The van der Waals surface area contributed by atoms with Crippen LogP contribution in [0.3, 0.4) is 0 Å². The molecule has 88 valence electrons. The average molecular weight is 233 g/mol. The van der Waals surface area contributed by atoms with Gasteiger partial charge in [-0.2, -0.15) is 13.2 Å². The molecule has 1 aliphatic heterocycles. The van der Waals surface area contributed by atoms with E-state index < -0.39 is 24.1 Å². The van der Waals surface area contributed by atoms with Crippen molar-refractivity contribution in [2.24, 2.45) is 0 Å². The minimum atomic E-state index is -4.48. The van der Waals surface area contributed by atoms with Gasteiger partial charge in [0.2, 0.25) is 0 Å². The second kappa shape index (κ2) is 3.71. The van der Waals surface area contributed by atoms with Crippen LogP contribution < -0.4 is 0 Å². The topological polar surface area (TPSA) is 42.4 Å². The monoisotopic (exact) mass is 233 g/mol. The van der Waals surface area contributed by atoms with Crippen molar-refractivity contribution in [1.29, 1.82) is 0 Å². The van der Waals surface area contributed by atoms with Gasteiger partial charge in [-0.05, 0) is 18.6 Å². The Balaban J connectivity index is 2.48. The van der Waals surface area contributed by atoms with Crippen molar-refractivity contribution in [2.45, 2.75) is 25.3 Å². The molecule has 0 fully saturated rings. The number of aromatic nitrogens is 1. The van der Waals surface area contributed by atoms with Gasteiger partial charge in [0, 0.05) is 11.8 Å². The largest absolute Gasteiger partial charge is 0.433 e. The summed E-state index contributed by atoms with van der Waals surface area (Å²) < 4.78 is 42.4. The highest BCUT2D eigenvalue weighted by molar-refractivity contribution is 5.32. The van der Waals surface area contributed by atoms with Gasteiger partial charge in [-0.1, -0.05) is 0 Å². The zero-order valence-electron chi connectivity index (χ0n) is 8.45. The summed E-state index contributed by atoms with van der Waals surface area (Å²) in [6, 6.07) is 0.933. The maximum absolute atomic E-state index is 12.4. The molecule has 6 heteroatoms. The first kappa shape index (κ1) is 11.3. The molecule has 2 atom stereocenters. The highest BCUT2D eigenvalue weighted by Crippen LogP contribution is 2.35. The molecular formula is C10H10F3NO2. The molecule has 0 saturated carbocycles. The van der Waals surface area contributed by atoms with Crippen molar-refractivity contribution in [3.05, 3.63) is 29.1 Å². The van der Waals surface area contributed by atoms with Crippen LogP contribution in [0.4, 0.5) is 13.2 Å². The van der Waals surface area contributed by atoms with Crippen LogP contribution in [0.2, 0.25) is 0 Å². The Labute approximate surface area is 89.9 Å². The average Bonchev–Trinajstić information content (AvgIpc) is 2.22. The van der Waals surface area contributed by atoms with E-state index in [0.717, 1.165) is 12.3 Å². The second-order valence-electron chi connectivity index (χ2n) is 3.69. The first-order valence-corrected chi connectivity index (χ1v) is 4.76. The molecule has 0 aliphatic carbocycles. The smallest absolute Gasteiger partial charge is 0.386 e. The predicted octanol–water partition coefficient (Wildman–Crippen LogP) is 2.23. The number of rotatable bonds is 0. The van der Waals surface area contributed by atoms with E-state index in [-0.39, 0.29) is 6.61 Å². The molecule has 1 aromatic rings. The van der Waals surface area contributed by atoms with Crippen LogP contribution in [0.25, 0.3) is 0 Å². The normalized spacial score (nSPS) is 25.3. The lowest BCUT2D eigenvalue weighted by Crippen LogP contribution is -2.21. The first-order chi connectivity index (χ1) is 7.39. The van der Waals surface area contributed by atoms with Gasteiger partial charge < -0.3 is 9.84 Å². The highest BCUT2D eigenvalue weighted by atomic mass is 19.4. The third-order valence-electron chi connectivity index (χ3n) is 2.56. The summed E-state index contributed by atoms with van der Waals surface area (Å²) in [6.45, 7) is 1.73. The number of aliphatic hydroxyl groups excluding tert-OH is 1. The molecule has 2 heterocycles. The maximum atomic E-state index is 12.4. The van der Waals surface area contributed by atoms with E-state index >= 15 is 0 Å². The molecule has 0 amide bonds. The lowest BCUT2D eigenvalue weighted by atomic mass is 9.98. The molecule has 2 rings (SSSR count). The number of alkyl halides is 3. The number of aliphatic hydroxyl groups is 1. The number of pyridine rings is 1. The van der Waals surface area contributed by atoms with Crippen LogP contribution in [0, 0.1) is 0 Å². The van der Waals surface area contributed by atoms with E-state index in [4.69, 9.17) is 4.74 Å². The number of nitrogens with zero attached hydrogens (tertiary/aromatic N) is 1. The quantitative estimate of drug-likeness (QED) is 0.747. The fourth-order valence-corrected chi connectivity index (χ4v) is 1.68. The molecule has 0 spiro atoms. The van der Waals surface area contributed by atoms with Gasteiger partial charge in [-0.3, -0.25) is 4.98 Å². The Hall–Kier alpha value is -1.14. The van der Waals surface area contributed by atoms with Crippen molar-refractivity contribution >= 4 is 0 Å². The molecular weight excluding hydrogens is 223 g/mol. The van der Waals surface area contributed by atoms with E-state index in [1.165, 1.54) is 0 Å². The molecule has 0 bridgehead atoms. The zero-order chi connectivity index (χ0) is 11.9. The van der Waals surface area contributed by atoms with Gasteiger partial charge in [0.25, 0.3) is 0 Å². The van der Waals surface area contributed by atoms with Crippen molar-refractivity contribution < 1.29 is 23.0 Å². The van der Waals surface area contributed by atoms with Crippen LogP contribution in [-0.4, -0.2) is 16.7 Å². The maximum Gasteiger partial charge on any atom is 0.433 e. The molecule has 0 unspecified atom stereocenters. The standard InChI is InChI=1S/C10H10F3NO2/c1-5-6-2-9(10(11,12)13)14-3-7(6)8(15)4-16-5/h2-3,5,8,15H,4H2,1H3/t5-,8+/m1/s1. The molecule has 0 radical (unpaired) electrons. The van der Waals surface area contributed by atoms with Crippen molar-refractivity contribution in [3.8, 4) is 0 Å². The van der Waals surface area contributed by atoms with Gasteiger partial charge in [-0.25, -0.2) is 0 Å². The van der Waals surface area contributed by atoms with Gasteiger partial charge in [0.15, 0.2) is 0 Å². The number of hydrogen-bond acceptors (Lipinski definition) is 3. The summed E-state index contributed by atoms with van der Waals surface area (Å²) in [6.07, 6.45) is -4.76. The summed E-state index contributed by atoms with van der Waals surface area (Å²) in [5.74, 6) is 0. The van der Waals surface area contributed by atoms with E-state index in [1.54, 1.807) is 6.92 Å². The molecule has 1 aromatic heterocycles. The molecule has 0 aromatic carbocycles. The summed E-state index contributed by atoms with van der Waals surface area (Å²) in [7, 11) is 0. The van der Waals surface area contributed by atoms with Crippen LogP contribution in [0.1, 0.15) is 36.0 Å². The minimum absolute atomic E-state index is 0.0845. The van der Waals surface area contributed by atoms with Crippen molar-refractivity contribution in [1.82, 2.24) is 4.98 Å². The van der Waals surface area contributed by atoms with Crippen LogP contribution >= 0.6 is 0 Å². The molecule has 16 heavy (non-hydrogen) atoms. The summed E-state index contributed by atoms with van der Waals surface area (Å²) in [5.41, 5.74) is -0.205. The van der Waals surface area contributed by atoms with Gasteiger partial charge in [0.1, 0.15) is 11.8 Å². The van der Waals surface area contributed by atoms with Crippen molar-refractivity contribution in [3.63, 3.8) is 0 Å². The second-order valence-corrected chi connectivity index (χ2v) is 3.69. The van der Waals surface area contributed by atoms with Gasteiger partial charge in [-0.15, -0.1) is 0 Å². The summed E-state index contributed by atoms with van der Waals surface area (Å²) in [4.78, 5) is 3.31. The van der Waals surface area contributed by atoms with E-state index in [2.05, 4.69) is 4.98 Å². The molecule has 1 N–H and O–H groups in total. The number of halogens is 3. The van der Waals surface area contributed by atoms with Crippen LogP contribution in [-0.2, 0) is 10.9 Å². The lowest BCUT2D eigenvalue weighted by Gasteiger charge is -2.27. The summed E-state index contributed by atoms with van der Waals surface area (Å²) >= 11 is 0. The Morgan fingerprint density at radius 2 is 2.12 bits per heavy atom.